The number of fused-ring (bicyclic) bond motifs is 1. The van der Waals surface area contributed by atoms with Gasteiger partial charge >= 0.3 is 5.97 Å². The van der Waals surface area contributed by atoms with Crippen molar-refractivity contribution >= 4 is 28.9 Å². The van der Waals surface area contributed by atoms with Gasteiger partial charge in [-0.15, -0.1) is 5.10 Å². The first-order chi connectivity index (χ1) is 15.1. The number of amides is 1. The molecule has 0 bridgehead atoms. The number of H-pyrrole nitrogens is 1. The molecule has 0 aliphatic rings. The van der Waals surface area contributed by atoms with E-state index < -0.39 is 17.9 Å². The van der Waals surface area contributed by atoms with Crippen LogP contribution in [0.4, 0.5) is 0 Å². The maximum Gasteiger partial charge on any atom is 0.326 e. The predicted molar refractivity (Wildman–Crippen MR) is 116 cm³/mol. The number of nitrogens with one attached hydrogen (secondary N) is 2. The van der Waals surface area contributed by atoms with Gasteiger partial charge in [-0.3, -0.25) is 4.79 Å². The molecule has 2 aromatic carbocycles. The SMILES string of the molecule is O=C(/C=C/c1cn(Cc2ccccc2)nn1)NC(Cc1c[nH]c2ccccc12)C(=O)O. The van der Waals surface area contributed by atoms with E-state index in [9.17, 15) is 14.7 Å². The minimum atomic E-state index is -1.10. The lowest BCUT2D eigenvalue weighted by atomic mass is 10.0. The Morgan fingerprint density at radius 2 is 1.90 bits per heavy atom. The summed E-state index contributed by atoms with van der Waals surface area (Å²) in [5.74, 6) is -1.61. The summed E-state index contributed by atoms with van der Waals surface area (Å²) in [5.41, 5.74) is 3.35. The molecule has 1 amide bonds. The van der Waals surface area contributed by atoms with E-state index in [-0.39, 0.29) is 6.42 Å². The molecule has 0 saturated heterocycles. The Kier molecular flexibility index (Phi) is 5.89. The number of carboxylic acids is 1. The normalized spacial score (nSPS) is 12.3. The van der Waals surface area contributed by atoms with Crippen LogP contribution >= 0.6 is 0 Å². The number of rotatable bonds is 8. The van der Waals surface area contributed by atoms with Crippen molar-refractivity contribution in [2.45, 2.75) is 19.0 Å². The number of carbonyl (C=O) groups is 2. The average Bonchev–Trinajstić information content (AvgIpc) is 3.39. The summed E-state index contributed by atoms with van der Waals surface area (Å²) in [6.07, 6.45) is 6.44. The molecular weight excluding hydrogens is 394 g/mol. The summed E-state index contributed by atoms with van der Waals surface area (Å²) in [6, 6.07) is 16.4. The van der Waals surface area contributed by atoms with E-state index in [2.05, 4.69) is 20.6 Å². The van der Waals surface area contributed by atoms with Gasteiger partial charge in [-0.2, -0.15) is 0 Å². The summed E-state index contributed by atoms with van der Waals surface area (Å²) in [4.78, 5) is 27.1. The molecule has 0 aliphatic heterocycles. The molecule has 1 atom stereocenters. The summed E-state index contributed by atoms with van der Waals surface area (Å²) in [5, 5.41) is 21.1. The van der Waals surface area contributed by atoms with E-state index in [4.69, 9.17) is 0 Å². The molecule has 4 rings (SSSR count). The largest absolute Gasteiger partial charge is 0.480 e. The highest BCUT2D eigenvalue weighted by molar-refractivity contribution is 5.94. The van der Waals surface area contributed by atoms with Crippen LogP contribution in [0.3, 0.4) is 0 Å². The van der Waals surface area contributed by atoms with E-state index in [1.165, 1.54) is 12.2 Å². The van der Waals surface area contributed by atoms with Crippen LogP contribution in [0.1, 0.15) is 16.8 Å². The minimum Gasteiger partial charge on any atom is -0.480 e. The minimum absolute atomic E-state index is 0.173. The second kappa shape index (κ2) is 9.08. The summed E-state index contributed by atoms with van der Waals surface area (Å²) < 4.78 is 1.67. The maximum atomic E-state index is 12.3. The van der Waals surface area contributed by atoms with E-state index in [0.717, 1.165) is 22.0 Å². The monoisotopic (exact) mass is 415 g/mol. The molecule has 0 spiro atoms. The Labute approximate surface area is 178 Å². The lowest BCUT2D eigenvalue weighted by Crippen LogP contribution is -2.41. The number of aromatic amines is 1. The van der Waals surface area contributed by atoms with Gasteiger partial charge in [0.05, 0.1) is 12.7 Å². The number of para-hydroxylation sites is 1. The quantitative estimate of drug-likeness (QED) is 0.383. The first-order valence-electron chi connectivity index (χ1n) is 9.79. The van der Waals surface area contributed by atoms with Crippen LogP contribution in [0.25, 0.3) is 17.0 Å². The van der Waals surface area contributed by atoms with Gasteiger partial charge in [-0.25, -0.2) is 9.48 Å². The smallest absolute Gasteiger partial charge is 0.326 e. The lowest BCUT2D eigenvalue weighted by Gasteiger charge is -2.12. The summed E-state index contributed by atoms with van der Waals surface area (Å²) in [7, 11) is 0. The zero-order chi connectivity index (χ0) is 21.6. The molecule has 3 N–H and O–H groups in total. The molecule has 2 aromatic heterocycles. The Hall–Kier alpha value is -4.20. The Morgan fingerprint density at radius 3 is 2.71 bits per heavy atom. The van der Waals surface area contributed by atoms with Crippen molar-refractivity contribution in [1.82, 2.24) is 25.3 Å². The fourth-order valence-electron chi connectivity index (χ4n) is 3.34. The van der Waals surface area contributed by atoms with Gasteiger partial charge in [0.1, 0.15) is 11.7 Å². The average molecular weight is 415 g/mol. The van der Waals surface area contributed by atoms with Crippen LogP contribution in [0.15, 0.2) is 73.1 Å². The van der Waals surface area contributed by atoms with Gasteiger partial charge in [-0.05, 0) is 23.3 Å². The Balaban J connectivity index is 1.38. The molecule has 0 fully saturated rings. The number of aliphatic carboxylic acids is 1. The van der Waals surface area contributed by atoms with Crippen molar-refractivity contribution in [2.24, 2.45) is 0 Å². The fourth-order valence-corrected chi connectivity index (χ4v) is 3.34. The predicted octanol–water partition coefficient (Wildman–Crippen LogP) is 2.63. The second-order valence-corrected chi connectivity index (χ2v) is 7.12. The highest BCUT2D eigenvalue weighted by Crippen LogP contribution is 2.19. The third kappa shape index (κ3) is 5.05. The molecule has 156 valence electrons. The molecule has 0 aliphatic carbocycles. The number of nitrogens with zero attached hydrogens (tertiary/aromatic N) is 3. The highest BCUT2D eigenvalue weighted by Gasteiger charge is 2.21. The van der Waals surface area contributed by atoms with Crippen LogP contribution in [-0.2, 0) is 22.6 Å². The third-order valence-electron chi connectivity index (χ3n) is 4.86. The molecule has 2 heterocycles. The van der Waals surface area contributed by atoms with Gasteiger partial charge in [0.2, 0.25) is 5.91 Å². The Morgan fingerprint density at radius 1 is 1.13 bits per heavy atom. The Bertz CT molecular complexity index is 1230. The van der Waals surface area contributed by atoms with Crippen molar-refractivity contribution in [3.05, 3.63) is 89.9 Å². The highest BCUT2D eigenvalue weighted by atomic mass is 16.4. The van der Waals surface area contributed by atoms with Crippen LogP contribution in [0.5, 0.6) is 0 Å². The molecule has 0 radical (unpaired) electrons. The molecule has 31 heavy (non-hydrogen) atoms. The maximum absolute atomic E-state index is 12.3. The van der Waals surface area contributed by atoms with Gasteiger partial charge in [-0.1, -0.05) is 53.7 Å². The van der Waals surface area contributed by atoms with Gasteiger partial charge in [0.25, 0.3) is 0 Å². The first kappa shape index (κ1) is 20.1. The van der Waals surface area contributed by atoms with Gasteiger partial charge in [0.15, 0.2) is 0 Å². The van der Waals surface area contributed by atoms with Crippen molar-refractivity contribution < 1.29 is 14.7 Å². The van der Waals surface area contributed by atoms with E-state index >= 15 is 0 Å². The molecule has 1 unspecified atom stereocenters. The van der Waals surface area contributed by atoms with Gasteiger partial charge in [0, 0.05) is 29.6 Å². The summed E-state index contributed by atoms with van der Waals surface area (Å²) in [6.45, 7) is 0.569. The second-order valence-electron chi connectivity index (χ2n) is 7.12. The third-order valence-corrected chi connectivity index (χ3v) is 4.86. The lowest BCUT2D eigenvalue weighted by molar-refractivity contribution is -0.141. The number of carboxylic acid groups (broad SMARTS) is 1. The molecular formula is C23H21N5O3. The molecule has 4 aromatic rings. The number of hydrogen-bond acceptors (Lipinski definition) is 4. The van der Waals surface area contributed by atoms with Crippen molar-refractivity contribution in [1.29, 1.82) is 0 Å². The number of hydrogen-bond donors (Lipinski definition) is 3. The molecule has 0 saturated carbocycles. The van der Waals surface area contributed by atoms with E-state index in [1.54, 1.807) is 17.1 Å². The summed E-state index contributed by atoms with van der Waals surface area (Å²) >= 11 is 0. The molecule has 8 nitrogen and oxygen atoms in total. The standard InChI is InChI=1S/C23H21N5O3/c29-22(11-10-18-15-28(27-26-18)14-16-6-2-1-3-7-16)25-21(23(30)31)12-17-13-24-20-9-5-4-8-19(17)20/h1-11,13,15,21,24H,12,14H2,(H,25,29)(H,30,31)/b11-10+. The molecule has 8 heteroatoms. The number of carbonyl (C=O) groups excluding carboxylic acids is 1. The topological polar surface area (TPSA) is 113 Å². The fraction of sp³-hybridized carbons (Fsp3) is 0.130. The zero-order valence-corrected chi connectivity index (χ0v) is 16.6. The van der Waals surface area contributed by atoms with E-state index in [0.29, 0.717) is 12.2 Å². The van der Waals surface area contributed by atoms with Crippen LogP contribution in [0.2, 0.25) is 0 Å². The van der Waals surface area contributed by atoms with Crippen LogP contribution in [0, 0.1) is 0 Å². The van der Waals surface area contributed by atoms with Gasteiger partial charge < -0.3 is 15.4 Å². The van der Waals surface area contributed by atoms with Crippen molar-refractivity contribution in [3.63, 3.8) is 0 Å². The van der Waals surface area contributed by atoms with Crippen LogP contribution in [-0.4, -0.2) is 43.0 Å². The van der Waals surface area contributed by atoms with Crippen molar-refractivity contribution in [2.75, 3.05) is 0 Å². The van der Waals surface area contributed by atoms with E-state index in [1.807, 2.05) is 54.6 Å². The number of aromatic nitrogens is 4. The zero-order valence-electron chi connectivity index (χ0n) is 16.6. The van der Waals surface area contributed by atoms with Crippen LogP contribution < -0.4 is 5.32 Å². The van der Waals surface area contributed by atoms with Crippen molar-refractivity contribution in [3.8, 4) is 0 Å². The first-order valence-corrected chi connectivity index (χ1v) is 9.79. The number of benzene rings is 2.